The number of nitrogens with one attached hydrogen (secondary N) is 2. The molecule has 2 aliphatic heterocycles. The lowest BCUT2D eigenvalue weighted by atomic mass is 10.0. The Morgan fingerprint density at radius 1 is 1.22 bits per heavy atom. The average molecular weight is 496 g/mol. The lowest BCUT2D eigenvalue weighted by Crippen LogP contribution is -2.54. The molecule has 11 nitrogen and oxygen atoms in total. The van der Waals surface area contributed by atoms with Crippen LogP contribution in [0.2, 0.25) is 0 Å². The van der Waals surface area contributed by atoms with E-state index in [1.165, 1.54) is 6.07 Å². The van der Waals surface area contributed by atoms with E-state index in [1.807, 2.05) is 31.7 Å². The monoisotopic (exact) mass is 495 g/mol. The molecule has 0 spiro atoms. The molecule has 0 saturated carbocycles. The van der Waals surface area contributed by atoms with Gasteiger partial charge in [-0.05, 0) is 30.9 Å². The van der Waals surface area contributed by atoms with Crippen LogP contribution in [0.3, 0.4) is 0 Å². The van der Waals surface area contributed by atoms with E-state index in [1.54, 1.807) is 18.3 Å². The van der Waals surface area contributed by atoms with Gasteiger partial charge in [-0.25, -0.2) is 4.98 Å². The third-order valence-corrected chi connectivity index (χ3v) is 6.36. The summed E-state index contributed by atoms with van der Waals surface area (Å²) in [6.45, 7) is 4.17. The number of aryl methyl sites for hydroxylation is 1. The fraction of sp³-hybridized carbons (Fsp3) is 0.440. The number of amides is 5. The Morgan fingerprint density at radius 3 is 2.67 bits per heavy atom. The van der Waals surface area contributed by atoms with Gasteiger partial charge in [-0.3, -0.25) is 34.2 Å². The Hall–Kier alpha value is -4.02. The third kappa shape index (κ3) is 4.86. The van der Waals surface area contributed by atoms with Gasteiger partial charge in [0, 0.05) is 32.3 Å². The van der Waals surface area contributed by atoms with E-state index in [2.05, 4.69) is 15.6 Å². The lowest BCUT2D eigenvalue weighted by molar-refractivity contribution is -0.136. The number of piperidine rings is 1. The first-order valence-corrected chi connectivity index (χ1v) is 11.9. The van der Waals surface area contributed by atoms with Gasteiger partial charge in [0.05, 0.1) is 23.8 Å². The second-order valence-corrected chi connectivity index (χ2v) is 9.26. The molecule has 0 aliphatic carbocycles. The Bertz CT molecular complexity index is 1220. The molecule has 1 aromatic heterocycles. The smallest absolute Gasteiger partial charge is 0.266 e. The van der Waals surface area contributed by atoms with Gasteiger partial charge in [0.2, 0.25) is 17.7 Å². The highest BCUT2D eigenvalue weighted by Gasteiger charge is 2.46. The summed E-state index contributed by atoms with van der Waals surface area (Å²) in [6, 6.07) is 3.41. The number of hydrogen-bond acceptors (Lipinski definition) is 7. The quantitative estimate of drug-likeness (QED) is 0.397. The van der Waals surface area contributed by atoms with Gasteiger partial charge in [0.1, 0.15) is 17.6 Å². The number of carbonyl (C=O) groups excluding carboxylic acids is 5. The molecular weight excluding hydrogens is 466 g/mol. The van der Waals surface area contributed by atoms with Crippen molar-refractivity contribution in [1.82, 2.24) is 25.1 Å². The average Bonchev–Trinajstić information content (AvgIpc) is 3.36. The zero-order chi connectivity index (χ0) is 26.0. The Kier molecular flexibility index (Phi) is 7.18. The number of imidazole rings is 1. The highest BCUT2D eigenvalue weighted by atomic mass is 16.5. The summed E-state index contributed by atoms with van der Waals surface area (Å²) >= 11 is 0. The van der Waals surface area contributed by atoms with E-state index in [4.69, 9.17) is 4.74 Å². The van der Waals surface area contributed by atoms with Gasteiger partial charge in [0.15, 0.2) is 0 Å². The van der Waals surface area contributed by atoms with Crippen LogP contribution in [0.4, 0.5) is 0 Å². The number of hydrogen-bond donors (Lipinski definition) is 2. The number of ether oxygens (including phenoxy) is 1. The van der Waals surface area contributed by atoms with E-state index < -0.39 is 29.7 Å². The predicted octanol–water partition coefficient (Wildman–Crippen LogP) is 1.49. The van der Waals surface area contributed by atoms with Crippen LogP contribution in [-0.2, 0) is 21.4 Å². The highest BCUT2D eigenvalue weighted by Crippen LogP contribution is 2.33. The van der Waals surface area contributed by atoms with Crippen molar-refractivity contribution >= 4 is 29.5 Å². The van der Waals surface area contributed by atoms with E-state index in [0.717, 1.165) is 10.7 Å². The summed E-state index contributed by atoms with van der Waals surface area (Å²) in [4.78, 5) is 67.5. The van der Waals surface area contributed by atoms with Crippen molar-refractivity contribution in [2.45, 2.75) is 51.6 Å². The summed E-state index contributed by atoms with van der Waals surface area (Å²) in [7, 11) is 1.88. The molecule has 1 saturated heterocycles. The topological polar surface area (TPSA) is 140 Å². The normalized spacial score (nSPS) is 18.3. The predicted molar refractivity (Wildman–Crippen MR) is 127 cm³/mol. The fourth-order valence-electron chi connectivity index (χ4n) is 4.47. The van der Waals surface area contributed by atoms with Crippen molar-refractivity contribution in [3.05, 3.63) is 47.5 Å². The van der Waals surface area contributed by atoms with E-state index in [-0.39, 0.29) is 60.6 Å². The number of imide groups is 2. The third-order valence-electron chi connectivity index (χ3n) is 6.36. The highest BCUT2D eigenvalue weighted by molar-refractivity contribution is 6.24. The molecule has 11 heteroatoms. The molecule has 0 bridgehead atoms. The van der Waals surface area contributed by atoms with Crippen LogP contribution in [0.15, 0.2) is 30.6 Å². The van der Waals surface area contributed by atoms with Crippen molar-refractivity contribution in [3.63, 3.8) is 0 Å². The molecule has 0 radical (unpaired) electrons. The van der Waals surface area contributed by atoms with E-state index in [0.29, 0.717) is 6.42 Å². The molecule has 2 aliphatic rings. The van der Waals surface area contributed by atoms with Gasteiger partial charge in [0.25, 0.3) is 11.8 Å². The van der Waals surface area contributed by atoms with Crippen LogP contribution in [0.5, 0.6) is 5.75 Å². The summed E-state index contributed by atoms with van der Waals surface area (Å²) < 4.78 is 7.67. The number of fused-ring (bicyclic) bond motifs is 1. The second kappa shape index (κ2) is 10.3. The Labute approximate surface area is 208 Å². The molecule has 2 unspecified atom stereocenters. The summed E-state index contributed by atoms with van der Waals surface area (Å²) in [5.74, 6) is -1.33. The van der Waals surface area contributed by atoms with Crippen molar-refractivity contribution in [3.8, 4) is 5.75 Å². The number of rotatable bonds is 9. The maximum absolute atomic E-state index is 13.1. The van der Waals surface area contributed by atoms with Crippen molar-refractivity contribution in [2.75, 3.05) is 6.61 Å². The number of nitrogens with zero attached hydrogens (tertiary/aromatic N) is 3. The molecule has 3 heterocycles. The van der Waals surface area contributed by atoms with E-state index >= 15 is 0 Å². The van der Waals surface area contributed by atoms with Crippen LogP contribution < -0.4 is 15.4 Å². The zero-order valence-electron chi connectivity index (χ0n) is 20.4. The summed E-state index contributed by atoms with van der Waals surface area (Å²) in [5, 5.41) is 5.19. The molecule has 4 rings (SSSR count). The first-order chi connectivity index (χ1) is 17.2. The molecule has 2 N–H and O–H groups in total. The maximum atomic E-state index is 13.1. The minimum atomic E-state index is -1.04. The van der Waals surface area contributed by atoms with Crippen molar-refractivity contribution in [2.24, 2.45) is 13.0 Å². The second-order valence-electron chi connectivity index (χ2n) is 9.26. The van der Waals surface area contributed by atoms with Crippen molar-refractivity contribution < 1.29 is 28.7 Å². The Balaban J connectivity index is 1.36. The van der Waals surface area contributed by atoms with Crippen LogP contribution in [0.1, 0.15) is 72.1 Å². The van der Waals surface area contributed by atoms with Gasteiger partial charge in [-0.15, -0.1) is 0 Å². The molecule has 1 aromatic carbocycles. The Morgan fingerprint density at radius 2 is 2.00 bits per heavy atom. The minimum Gasteiger partial charge on any atom is -0.493 e. The van der Waals surface area contributed by atoms with E-state index in [9.17, 15) is 24.0 Å². The first-order valence-electron chi connectivity index (χ1n) is 11.9. The molecule has 2 atom stereocenters. The number of aromatic nitrogens is 2. The maximum Gasteiger partial charge on any atom is 0.266 e. The standard InChI is InChI=1S/C25H29N5O6/c1-14(2)21(22-26-11-12-29(22)3)27-18(31)8-5-13-36-17-7-4-6-15-20(17)25(35)30(24(15)34)16-9-10-19(32)28-23(16)33/h4,6-7,11-12,14,16,21H,5,8-10,13H2,1-3H3,(H,27,31)(H,28,32,33). The van der Waals surface area contributed by atoms with Crippen LogP contribution in [-0.4, -0.2) is 56.6 Å². The fourth-order valence-corrected chi connectivity index (χ4v) is 4.47. The van der Waals surface area contributed by atoms with Gasteiger partial charge < -0.3 is 14.6 Å². The van der Waals surface area contributed by atoms with Gasteiger partial charge >= 0.3 is 0 Å². The van der Waals surface area contributed by atoms with Gasteiger partial charge in [-0.2, -0.15) is 0 Å². The van der Waals surface area contributed by atoms with Crippen molar-refractivity contribution in [1.29, 1.82) is 0 Å². The minimum absolute atomic E-state index is 0.0487. The van der Waals surface area contributed by atoms with Gasteiger partial charge in [-0.1, -0.05) is 19.9 Å². The molecule has 2 aromatic rings. The number of benzene rings is 1. The number of carbonyl (C=O) groups is 5. The van der Waals surface area contributed by atoms with Crippen LogP contribution >= 0.6 is 0 Å². The van der Waals surface area contributed by atoms with Crippen LogP contribution in [0.25, 0.3) is 0 Å². The van der Waals surface area contributed by atoms with Crippen LogP contribution in [0, 0.1) is 5.92 Å². The first kappa shape index (κ1) is 25.1. The summed E-state index contributed by atoms with van der Waals surface area (Å²) in [5.41, 5.74) is 0.237. The molecule has 1 fully saturated rings. The lowest BCUT2D eigenvalue weighted by Gasteiger charge is -2.27. The summed E-state index contributed by atoms with van der Waals surface area (Å²) in [6.07, 6.45) is 4.24. The molecule has 190 valence electrons. The molecular formula is C25H29N5O6. The molecule has 36 heavy (non-hydrogen) atoms. The zero-order valence-corrected chi connectivity index (χ0v) is 20.4. The largest absolute Gasteiger partial charge is 0.493 e. The SMILES string of the molecule is CC(C)C(NC(=O)CCCOc1cccc2c1C(=O)N(C1CCC(=O)NC1=O)C2=O)c1nccn1C. The molecule has 5 amide bonds.